The van der Waals surface area contributed by atoms with E-state index >= 15 is 0 Å². The largest absolute Gasteiger partial charge is 0.481 e. The fraction of sp³-hybridized carbons (Fsp3) is 0.273. The summed E-state index contributed by atoms with van der Waals surface area (Å²) in [6.07, 6.45) is -0.938. The van der Waals surface area contributed by atoms with Gasteiger partial charge in [0.05, 0.1) is 34.0 Å². The summed E-state index contributed by atoms with van der Waals surface area (Å²) < 4.78 is 0. The quantitative estimate of drug-likeness (QED) is 0.413. The predicted octanol–water partition coefficient (Wildman–Crippen LogP) is 3.70. The number of nitrogens with one attached hydrogen (secondary N) is 1. The number of imide groups is 1. The number of benzene rings is 2. The van der Waals surface area contributed by atoms with Crippen LogP contribution in [-0.2, 0) is 19.2 Å². The van der Waals surface area contributed by atoms with Crippen molar-refractivity contribution in [2.75, 3.05) is 4.90 Å². The first-order valence-corrected chi connectivity index (χ1v) is 10.9. The highest BCUT2D eigenvalue weighted by Gasteiger charge is 2.69. The molecule has 0 spiro atoms. The van der Waals surface area contributed by atoms with Gasteiger partial charge in [0, 0.05) is 11.1 Å². The lowest BCUT2D eigenvalue weighted by atomic mass is 9.77. The molecule has 33 heavy (non-hydrogen) atoms. The molecule has 0 aromatic heterocycles. The van der Waals surface area contributed by atoms with Crippen LogP contribution in [0.5, 0.6) is 0 Å². The van der Waals surface area contributed by atoms with E-state index in [-0.39, 0.29) is 20.6 Å². The molecule has 4 unspecified atom stereocenters. The lowest BCUT2D eigenvalue weighted by Crippen LogP contribution is -2.57. The Morgan fingerprint density at radius 2 is 1.76 bits per heavy atom. The zero-order valence-corrected chi connectivity index (χ0v) is 19.3. The topological polar surface area (TPSA) is 124 Å². The molecule has 2 aliphatic rings. The summed E-state index contributed by atoms with van der Waals surface area (Å²) in [7, 11) is 0. The molecule has 2 saturated heterocycles. The van der Waals surface area contributed by atoms with E-state index in [9.17, 15) is 29.4 Å². The van der Waals surface area contributed by atoms with Crippen molar-refractivity contribution in [1.29, 1.82) is 0 Å². The number of fused-ring (bicyclic) bond motifs is 1. The van der Waals surface area contributed by atoms with Crippen LogP contribution in [0.3, 0.4) is 0 Å². The van der Waals surface area contributed by atoms with Crippen molar-refractivity contribution < 1.29 is 29.4 Å². The Hall–Kier alpha value is -2.65. The average molecular weight is 512 g/mol. The number of aliphatic carboxylic acids is 2. The molecule has 3 N–H and O–H groups in total. The number of amides is 2. The van der Waals surface area contributed by atoms with Crippen LogP contribution >= 0.6 is 34.8 Å². The standard InChI is InChI=1S/C22H17Cl3N2O6/c1-9-4-2-3-5-13(9)27-19(30)15-16(20(27)31)22(21(32)33,8-14(28)29)26-18(15)11-6-10(23)7-12(24)17(11)25/h2-7,15-16,18,26H,8H2,1H3,(H,28,29)(H,32,33). The summed E-state index contributed by atoms with van der Waals surface area (Å²) >= 11 is 18.7. The van der Waals surface area contributed by atoms with Crippen LogP contribution in [0.2, 0.25) is 15.1 Å². The molecule has 2 aromatic carbocycles. The first kappa shape index (κ1) is 23.5. The third-order valence-electron chi connectivity index (χ3n) is 6.18. The molecule has 4 atom stereocenters. The fourth-order valence-electron chi connectivity index (χ4n) is 4.80. The molecule has 2 aliphatic heterocycles. The second-order valence-electron chi connectivity index (χ2n) is 8.06. The minimum atomic E-state index is -2.26. The number of carboxylic acid groups (broad SMARTS) is 2. The van der Waals surface area contributed by atoms with Gasteiger partial charge in [0.15, 0.2) is 0 Å². The van der Waals surface area contributed by atoms with Crippen LogP contribution in [0, 0.1) is 18.8 Å². The molecule has 2 fully saturated rings. The van der Waals surface area contributed by atoms with E-state index in [4.69, 9.17) is 34.8 Å². The Kier molecular flexibility index (Phi) is 5.90. The smallest absolute Gasteiger partial charge is 0.325 e. The normalized spacial score (nSPS) is 26.5. The van der Waals surface area contributed by atoms with E-state index in [1.807, 2.05) is 0 Å². The predicted molar refractivity (Wildman–Crippen MR) is 121 cm³/mol. The molecular weight excluding hydrogens is 495 g/mol. The van der Waals surface area contributed by atoms with Crippen LogP contribution in [0.1, 0.15) is 23.6 Å². The number of hydrogen-bond donors (Lipinski definition) is 3. The van der Waals surface area contributed by atoms with E-state index in [0.29, 0.717) is 11.3 Å². The summed E-state index contributed by atoms with van der Waals surface area (Å²) in [6.45, 7) is 1.70. The van der Waals surface area contributed by atoms with Crippen molar-refractivity contribution in [2.45, 2.75) is 24.9 Å². The molecule has 2 amide bonds. The number of para-hydroxylation sites is 1. The van der Waals surface area contributed by atoms with Crippen LogP contribution in [-0.4, -0.2) is 39.5 Å². The summed E-state index contributed by atoms with van der Waals surface area (Å²) in [4.78, 5) is 52.3. The Bertz CT molecular complexity index is 1220. The summed E-state index contributed by atoms with van der Waals surface area (Å²) in [6, 6.07) is 8.31. The van der Waals surface area contributed by atoms with E-state index < -0.39 is 53.6 Å². The fourth-order valence-corrected chi connectivity index (χ4v) is 5.53. The van der Waals surface area contributed by atoms with Crippen molar-refractivity contribution >= 4 is 64.2 Å². The van der Waals surface area contributed by atoms with Crippen molar-refractivity contribution in [1.82, 2.24) is 5.32 Å². The Balaban J connectivity index is 1.95. The first-order valence-electron chi connectivity index (χ1n) is 9.80. The highest BCUT2D eigenvalue weighted by atomic mass is 35.5. The van der Waals surface area contributed by atoms with Gasteiger partial charge in [-0.1, -0.05) is 53.0 Å². The molecule has 2 heterocycles. The minimum Gasteiger partial charge on any atom is -0.481 e. The van der Waals surface area contributed by atoms with Gasteiger partial charge in [-0.05, 0) is 36.2 Å². The van der Waals surface area contributed by atoms with Gasteiger partial charge in [-0.2, -0.15) is 0 Å². The number of rotatable bonds is 5. The maximum absolute atomic E-state index is 13.6. The third-order valence-corrected chi connectivity index (χ3v) is 7.21. The zero-order valence-electron chi connectivity index (χ0n) is 17.0. The van der Waals surface area contributed by atoms with Crippen molar-refractivity contribution in [3.05, 3.63) is 62.6 Å². The lowest BCUT2D eigenvalue weighted by molar-refractivity contribution is -0.154. The van der Waals surface area contributed by atoms with Gasteiger partial charge < -0.3 is 10.2 Å². The number of hydrogen-bond acceptors (Lipinski definition) is 5. The first-order chi connectivity index (χ1) is 15.5. The number of carbonyl (C=O) groups is 4. The van der Waals surface area contributed by atoms with Crippen molar-refractivity contribution in [2.24, 2.45) is 11.8 Å². The molecule has 0 bridgehead atoms. The zero-order chi connectivity index (χ0) is 24.2. The van der Waals surface area contributed by atoms with Gasteiger partial charge in [0.2, 0.25) is 11.8 Å². The number of carboxylic acids is 2. The van der Waals surface area contributed by atoms with Crippen molar-refractivity contribution in [3.8, 4) is 0 Å². The van der Waals surface area contributed by atoms with E-state index in [2.05, 4.69) is 5.32 Å². The van der Waals surface area contributed by atoms with Crippen LogP contribution in [0.25, 0.3) is 0 Å². The van der Waals surface area contributed by atoms with E-state index in [0.717, 1.165) is 4.90 Å². The highest BCUT2D eigenvalue weighted by Crippen LogP contribution is 2.53. The second-order valence-corrected chi connectivity index (χ2v) is 9.28. The lowest BCUT2D eigenvalue weighted by Gasteiger charge is -2.30. The number of aryl methyl sites for hydroxylation is 1. The van der Waals surface area contributed by atoms with Crippen LogP contribution < -0.4 is 10.2 Å². The molecular formula is C22H17Cl3N2O6. The highest BCUT2D eigenvalue weighted by molar-refractivity contribution is 6.43. The molecule has 4 rings (SSSR count). The monoisotopic (exact) mass is 510 g/mol. The summed E-state index contributed by atoms with van der Waals surface area (Å²) in [5.41, 5.74) is -1.15. The van der Waals surface area contributed by atoms with Crippen molar-refractivity contribution in [3.63, 3.8) is 0 Å². The van der Waals surface area contributed by atoms with Gasteiger partial charge in [-0.25, -0.2) is 4.90 Å². The molecule has 11 heteroatoms. The third kappa shape index (κ3) is 3.58. The van der Waals surface area contributed by atoms with Gasteiger partial charge in [-0.15, -0.1) is 0 Å². The summed E-state index contributed by atoms with van der Waals surface area (Å²) in [5.74, 6) is -7.25. The van der Waals surface area contributed by atoms with Gasteiger partial charge in [-0.3, -0.25) is 24.5 Å². The van der Waals surface area contributed by atoms with Crippen LogP contribution in [0.4, 0.5) is 5.69 Å². The molecule has 172 valence electrons. The Labute approximate surface area is 203 Å². The maximum atomic E-state index is 13.6. The number of anilines is 1. The molecule has 0 radical (unpaired) electrons. The minimum absolute atomic E-state index is 0.0171. The maximum Gasteiger partial charge on any atom is 0.325 e. The van der Waals surface area contributed by atoms with Gasteiger partial charge in [0.1, 0.15) is 5.54 Å². The van der Waals surface area contributed by atoms with Gasteiger partial charge >= 0.3 is 11.9 Å². The van der Waals surface area contributed by atoms with E-state index in [1.54, 1.807) is 31.2 Å². The number of carbonyl (C=O) groups excluding carboxylic acids is 2. The number of nitrogens with zero attached hydrogens (tertiary/aromatic N) is 1. The van der Waals surface area contributed by atoms with E-state index in [1.165, 1.54) is 12.1 Å². The molecule has 8 nitrogen and oxygen atoms in total. The number of halogens is 3. The molecule has 0 aliphatic carbocycles. The average Bonchev–Trinajstić information content (AvgIpc) is 3.20. The Morgan fingerprint density at radius 3 is 2.36 bits per heavy atom. The molecule has 0 saturated carbocycles. The van der Waals surface area contributed by atoms with Crippen LogP contribution in [0.15, 0.2) is 36.4 Å². The van der Waals surface area contributed by atoms with Gasteiger partial charge in [0.25, 0.3) is 0 Å². The Morgan fingerprint density at radius 1 is 1.09 bits per heavy atom. The second kappa shape index (κ2) is 8.29. The SMILES string of the molecule is Cc1ccccc1N1C(=O)C2C(c3cc(Cl)cc(Cl)c3Cl)NC(CC(=O)O)(C(=O)O)C2C1=O. The summed E-state index contributed by atoms with van der Waals surface area (Å²) in [5, 5.41) is 22.6. The molecule has 2 aromatic rings.